The number of carbonyl (C=O) groups is 1. The zero-order chi connectivity index (χ0) is 19.6. The average molecular weight is 365 g/mol. The Bertz CT molecular complexity index is 968. The van der Waals surface area contributed by atoms with E-state index in [1.54, 1.807) is 32.6 Å². The number of benzene rings is 1. The third kappa shape index (κ3) is 3.48. The fourth-order valence-corrected chi connectivity index (χ4v) is 3.16. The quantitative estimate of drug-likeness (QED) is 0.533. The number of hydrogen-bond acceptors (Lipinski definition) is 5. The van der Waals surface area contributed by atoms with Crippen molar-refractivity contribution in [1.82, 2.24) is 15.4 Å². The molecule has 1 atom stereocenters. The Morgan fingerprint density at radius 3 is 2.48 bits per heavy atom. The van der Waals surface area contributed by atoms with Gasteiger partial charge in [-0.1, -0.05) is 31.2 Å². The van der Waals surface area contributed by atoms with E-state index in [4.69, 9.17) is 9.94 Å². The lowest BCUT2D eigenvalue weighted by molar-refractivity contribution is -0.134. The molecule has 2 N–H and O–H groups in total. The molecule has 2 heterocycles. The van der Waals surface area contributed by atoms with Gasteiger partial charge in [0.25, 0.3) is 5.91 Å². The number of pyridine rings is 2. The summed E-state index contributed by atoms with van der Waals surface area (Å²) in [6.07, 6.45) is 1.75. The van der Waals surface area contributed by atoms with E-state index in [0.29, 0.717) is 11.5 Å². The number of hydrogen-bond donors (Lipinski definition) is 2. The van der Waals surface area contributed by atoms with Crippen LogP contribution >= 0.6 is 0 Å². The predicted octanol–water partition coefficient (Wildman–Crippen LogP) is 3.57. The van der Waals surface area contributed by atoms with Gasteiger partial charge in [0.15, 0.2) is 5.65 Å². The van der Waals surface area contributed by atoms with Gasteiger partial charge >= 0.3 is 0 Å². The van der Waals surface area contributed by atoms with Crippen LogP contribution in [0.3, 0.4) is 0 Å². The van der Waals surface area contributed by atoms with Crippen molar-refractivity contribution >= 4 is 16.9 Å². The number of aromatic nitrogens is 2. The van der Waals surface area contributed by atoms with E-state index in [-0.39, 0.29) is 5.92 Å². The van der Waals surface area contributed by atoms with Gasteiger partial charge in [0, 0.05) is 23.6 Å². The smallest absolute Gasteiger partial charge is 0.253 e. The van der Waals surface area contributed by atoms with E-state index < -0.39 is 11.3 Å². The SMILES string of the molecule is COc1ccc2c(C(C)c3ccc(C(C)(C)C(=O)NO)cc3)ccnc2n1. The van der Waals surface area contributed by atoms with Crippen molar-refractivity contribution < 1.29 is 14.7 Å². The first-order valence-corrected chi connectivity index (χ1v) is 8.73. The molecule has 0 aliphatic heterocycles. The summed E-state index contributed by atoms with van der Waals surface area (Å²) in [7, 11) is 1.58. The van der Waals surface area contributed by atoms with Crippen LogP contribution in [0.2, 0.25) is 0 Å². The van der Waals surface area contributed by atoms with Gasteiger partial charge in [-0.2, -0.15) is 4.98 Å². The van der Waals surface area contributed by atoms with Gasteiger partial charge in [0.1, 0.15) is 0 Å². The van der Waals surface area contributed by atoms with Crippen LogP contribution in [0.1, 0.15) is 43.4 Å². The second-order valence-electron chi connectivity index (χ2n) is 7.03. The lowest BCUT2D eigenvalue weighted by atomic mass is 9.82. The van der Waals surface area contributed by atoms with Crippen LogP contribution in [0.5, 0.6) is 5.88 Å². The minimum atomic E-state index is -0.819. The van der Waals surface area contributed by atoms with Crippen LogP contribution in [-0.4, -0.2) is 28.2 Å². The van der Waals surface area contributed by atoms with Crippen molar-refractivity contribution in [2.24, 2.45) is 0 Å². The lowest BCUT2D eigenvalue weighted by Crippen LogP contribution is -2.38. The van der Waals surface area contributed by atoms with Gasteiger partial charge in [-0.05, 0) is 42.7 Å². The number of hydroxylamine groups is 1. The van der Waals surface area contributed by atoms with Crippen molar-refractivity contribution in [3.05, 3.63) is 65.4 Å². The van der Waals surface area contributed by atoms with Crippen molar-refractivity contribution in [3.63, 3.8) is 0 Å². The summed E-state index contributed by atoms with van der Waals surface area (Å²) < 4.78 is 5.18. The molecule has 2 aromatic heterocycles. The molecule has 0 saturated carbocycles. The predicted molar refractivity (Wildman–Crippen MR) is 103 cm³/mol. The summed E-state index contributed by atoms with van der Waals surface area (Å²) in [5, 5.41) is 9.92. The molecule has 0 bridgehead atoms. The Balaban J connectivity index is 1.96. The molecule has 0 aliphatic rings. The molecule has 3 aromatic rings. The standard InChI is InChI=1S/C21H23N3O3/c1-13(14-5-7-15(8-6-14)21(2,3)20(25)24-26)16-11-12-22-19-17(16)9-10-18(23-19)27-4/h5-13,26H,1-4H3,(H,24,25). The number of ether oxygens (including phenoxy) is 1. The highest BCUT2D eigenvalue weighted by Gasteiger charge is 2.29. The second kappa shape index (κ2) is 7.32. The highest BCUT2D eigenvalue weighted by atomic mass is 16.5. The summed E-state index contributed by atoms with van der Waals surface area (Å²) in [5.74, 6) is 0.214. The molecule has 0 fully saturated rings. The van der Waals surface area contributed by atoms with Crippen LogP contribution in [0.15, 0.2) is 48.7 Å². The number of amides is 1. The number of rotatable bonds is 5. The Labute approximate surface area is 158 Å². The second-order valence-corrected chi connectivity index (χ2v) is 7.03. The van der Waals surface area contributed by atoms with Crippen molar-refractivity contribution in [1.29, 1.82) is 0 Å². The molecule has 0 aliphatic carbocycles. The zero-order valence-electron chi connectivity index (χ0n) is 15.9. The van der Waals surface area contributed by atoms with E-state index >= 15 is 0 Å². The highest BCUT2D eigenvalue weighted by Crippen LogP contribution is 2.31. The zero-order valence-corrected chi connectivity index (χ0v) is 15.9. The molecule has 27 heavy (non-hydrogen) atoms. The van der Waals surface area contributed by atoms with Gasteiger partial charge in [0.05, 0.1) is 12.5 Å². The number of carbonyl (C=O) groups excluding carboxylic acids is 1. The fraction of sp³-hybridized carbons (Fsp3) is 0.286. The van der Waals surface area contributed by atoms with Gasteiger partial charge in [-0.3, -0.25) is 10.0 Å². The van der Waals surface area contributed by atoms with Crippen molar-refractivity contribution in [2.75, 3.05) is 7.11 Å². The Morgan fingerprint density at radius 1 is 1.15 bits per heavy atom. The van der Waals surface area contributed by atoms with Gasteiger partial charge in [0.2, 0.25) is 5.88 Å². The van der Waals surface area contributed by atoms with E-state index in [2.05, 4.69) is 16.9 Å². The fourth-order valence-electron chi connectivity index (χ4n) is 3.16. The minimum Gasteiger partial charge on any atom is -0.481 e. The van der Waals surface area contributed by atoms with Crippen molar-refractivity contribution in [2.45, 2.75) is 32.1 Å². The average Bonchev–Trinajstić information content (AvgIpc) is 2.71. The molecule has 1 unspecified atom stereocenters. The van der Waals surface area contributed by atoms with E-state index in [1.807, 2.05) is 42.5 Å². The molecule has 140 valence electrons. The topological polar surface area (TPSA) is 84.3 Å². The minimum absolute atomic E-state index is 0.120. The monoisotopic (exact) mass is 365 g/mol. The molecule has 6 nitrogen and oxygen atoms in total. The number of nitrogens with zero attached hydrogens (tertiary/aromatic N) is 2. The van der Waals surface area contributed by atoms with E-state index in [1.165, 1.54) is 0 Å². The third-order valence-electron chi connectivity index (χ3n) is 5.09. The number of nitrogens with one attached hydrogen (secondary N) is 1. The van der Waals surface area contributed by atoms with Crippen LogP contribution in [0, 0.1) is 0 Å². The third-order valence-corrected chi connectivity index (χ3v) is 5.09. The summed E-state index contributed by atoms with van der Waals surface area (Å²) in [4.78, 5) is 20.6. The van der Waals surface area contributed by atoms with Gasteiger partial charge < -0.3 is 4.74 Å². The van der Waals surface area contributed by atoms with E-state index in [0.717, 1.165) is 22.1 Å². The van der Waals surface area contributed by atoms with E-state index in [9.17, 15) is 4.79 Å². The molecular weight excluding hydrogens is 342 g/mol. The number of fused-ring (bicyclic) bond motifs is 1. The molecule has 1 amide bonds. The first kappa shape index (κ1) is 18.8. The van der Waals surface area contributed by atoms with Gasteiger partial charge in [-0.25, -0.2) is 10.5 Å². The lowest BCUT2D eigenvalue weighted by Gasteiger charge is -2.23. The summed E-state index contributed by atoms with van der Waals surface area (Å²) in [6.45, 7) is 5.67. The first-order chi connectivity index (χ1) is 12.9. The molecule has 0 saturated heterocycles. The molecule has 1 aromatic carbocycles. The van der Waals surface area contributed by atoms with Crippen LogP contribution in [-0.2, 0) is 10.2 Å². The molecule has 6 heteroatoms. The normalized spacial score (nSPS) is 12.6. The largest absolute Gasteiger partial charge is 0.481 e. The highest BCUT2D eigenvalue weighted by molar-refractivity contribution is 5.86. The Kier molecular flexibility index (Phi) is 5.10. The van der Waals surface area contributed by atoms with Crippen LogP contribution < -0.4 is 10.2 Å². The summed E-state index contributed by atoms with van der Waals surface area (Å²) in [5.41, 5.74) is 4.63. The summed E-state index contributed by atoms with van der Waals surface area (Å²) in [6, 6.07) is 13.7. The number of methoxy groups -OCH3 is 1. The molecule has 3 rings (SSSR count). The Morgan fingerprint density at radius 2 is 1.85 bits per heavy atom. The maximum Gasteiger partial charge on any atom is 0.253 e. The first-order valence-electron chi connectivity index (χ1n) is 8.73. The molecule has 0 spiro atoms. The van der Waals surface area contributed by atoms with Gasteiger partial charge in [-0.15, -0.1) is 0 Å². The summed E-state index contributed by atoms with van der Waals surface area (Å²) >= 11 is 0. The molecular formula is C21H23N3O3. The van der Waals surface area contributed by atoms with Crippen molar-refractivity contribution in [3.8, 4) is 5.88 Å². The Hall–Kier alpha value is -2.99. The van der Waals surface area contributed by atoms with Crippen LogP contribution in [0.4, 0.5) is 0 Å². The molecule has 0 radical (unpaired) electrons. The maximum atomic E-state index is 11.9. The maximum absolute atomic E-state index is 11.9. The van der Waals surface area contributed by atoms with Crippen LogP contribution in [0.25, 0.3) is 11.0 Å².